The molecule has 0 radical (unpaired) electrons. The molecule has 30 heavy (non-hydrogen) atoms. The molecule has 0 saturated carbocycles. The fraction of sp³-hybridized carbons (Fsp3) is 0.250. The Bertz CT molecular complexity index is 1010. The van der Waals surface area contributed by atoms with Crippen LogP contribution in [0, 0.1) is 0 Å². The fourth-order valence-corrected chi connectivity index (χ4v) is 3.21. The molecule has 9 nitrogen and oxygen atoms in total. The Labute approximate surface area is 175 Å². The van der Waals surface area contributed by atoms with Crippen molar-refractivity contribution in [1.29, 1.82) is 0 Å². The zero-order valence-electron chi connectivity index (χ0n) is 16.2. The molecule has 0 aliphatic heterocycles. The standard InChI is InChI=1S/C20H18N2O7S/c1-26-19(24)12-9-13(20(25)27-2)11-14(10-12)28-17(23)7-3-6-16-21-18(22-29-16)15-5-4-8-30-15/h4-5,8-11H,3,6-7H2,1-2H3. The predicted molar refractivity (Wildman–Crippen MR) is 105 cm³/mol. The smallest absolute Gasteiger partial charge is 0.338 e. The maximum absolute atomic E-state index is 12.2. The van der Waals surface area contributed by atoms with Gasteiger partial charge in [0.15, 0.2) is 0 Å². The molecular weight excluding hydrogens is 412 g/mol. The fourth-order valence-electron chi connectivity index (χ4n) is 2.56. The summed E-state index contributed by atoms with van der Waals surface area (Å²) in [5, 5.41) is 5.83. The van der Waals surface area contributed by atoms with Crippen molar-refractivity contribution in [3.8, 4) is 16.5 Å². The van der Waals surface area contributed by atoms with Gasteiger partial charge in [-0.25, -0.2) is 9.59 Å². The van der Waals surface area contributed by atoms with E-state index >= 15 is 0 Å². The van der Waals surface area contributed by atoms with Crippen LogP contribution in [-0.2, 0) is 20.7 Å². The van der Waals surface area contributed by atoms with Crippen LogP contribution in [-0.4, -0.2) is 42.3 Å². The number of carbonyl (C=O) groups is 3. The molecule has 0 atom stereocenters. The van der Waals surface area contributed by atoms with Crippen LogP contribution in [0.15, 0.2) is 40.2 Å². The van der Waals surface area contributed by atoms with Crippen LogP contribution in [0.2, 0.25) is 0 Å². The van der Waals surface area contributed by atoms with Gasteiger partial charge in [0.2, 0.25) is 11.7 Å². The molecule has 0 spiro atoms. The lowest BCUT2D eigenvalue weighted by Crippen LogP contribution is -2.11. The number of methoxy groups -OCH3 is 2. The lowest BCUT2D eigenvalue weighted by Gasteiger charge is -2.08. The molecule has 2 aromatic heterocycles. The van der Waals surface area contributed by atoms with Gasteiger partial charge in [-0.1, -0.05) is 11.2 Å². The monoisotopic (exact) mass is 430 g/mol. The number of thiophene rings is 1. The summed E-state index contributed by atoms with van der Waals surface area (Å²) in [4.78, 5) is 41.0. The number of hydrogen-bond acceptors (Lipinski definition) is 10. The topological polar surface area (TPSA) is 118 Å². The molecule has 2 heterocycles. The van der Waals surface area contributed by atoms with E-state index in [1.54, 1.807) is 0 Å². The van der Waals surface area contributed by atoms with Gasteiger partial charge >= 0.3 is 17.9 Å². The molecule has 0 bridgehead atoms. The molecule has 0 aliphatic carbocycles. The maximum Gasteiger partial charge on any atom is 0.338 e. The molecule has 0 fully saturated rings. The molecule has 1 aromatic carbocycles. The van der Waals surface area contributed by atoms with E-state index in [2.05, 4.69) is 19.6 Å². The van der Waals surface area contributed by atoms with Gasteiger partial charge in [-0.05, 0) is 36.1 Å². The summed E-state index contributed by atoms with van der Waals surface area (Å²) in [6.45, 7) is 0. The Morgan fingerprint density at radius 1 is 1.07 bits per heavy atom. The maximum atomic E-state index is 12.2. The number of esters is 3. The number of nitrogens with zero attached hydrogens (tertiary/aromatic N) is 2. The summed E-state index contributed by atoms with van der Waals surface area (Å²) in [6.07, 6.45) is 0.904. The minimum absolute atomic E-state index is 0.0427. The Morgan fingerprint density at radius 2 is 1.77 bits per heavy atom. The highest BCUT2D eigenvalue weighted by Crippen LogP contribution is 2.22. The quantitative estimate of drug-likeness (QED) is 0.392. The van der Waals surface area contributed by atoms with Crippen LogP contribution < -0.4 is 4.74 Å². The van der Waals surface area contributed by atoms with E-state index in [0.29, 0.717) is 24.6 Å². The predicted octanol–water partition coefficient (Wildman–Crippen LogP) is 3.30. The third-order valence-corrected chi connectivity index (χ3v) is 4.83. The Kier molecular flexibility index (Phi) is 6.91. The number of benzene rings is 1. The molecule has 3 rings (SSSR count). The first-order valence-corrected chi connectivity index (χ1v) is 9.77. The number of ether oxygens (including phenoxy) is 3. The van der Waals surface area contributed by atoms with E-state index in [9.17, 15) is 14.4 Å². The molecule has 0 amide bonds. The zero-order chi connectivity index (χ0) is 21.5. The number of hydrogen-bond donors (Lipinski definition) is 0. The van der Waals surface area contributed by atoms with Crippen molar-refractivity contribution < 1.29 is 33.1 Å². The van der Waals surface area contributed by atoms with Gasteiger partial charge in [-0.3, -0.25) is 4.79 Å². The van der Waals surface area contributed by atoms with Crippen LogP contribution in [0.5, 0.6) is 5.75 Å². The third kappa shape index (κ3) is 5.29. The average Bonchev–Trinajstić information content (AvgIpc) is 3.44. The van der Waals surface area contributed by atoms with E-state index in [1.165, 1.54) is 43.8 Å². The van der Waals surface area contributed by atoms with Gasteiger partial charge in [0, 0.05) is 12.8 Å². The first kappa shape index (κ1) is 21.2. The molecule has 10 heteroatoms. The van der Waals surface area contributed by atoms with Crippen LogP contribution in [0.1, 0.15) is 39.4 Å². The third-order valence-electron chi connectivity index (χ3n) is 3.96. The summed E-state index contributed by atoms with van der Waals surface area (Å²) < 4.78 is 19.8. The minimum atomic E-state index is -0.670. The normalized spacial score (nSPS) is 10.5. The van der Waals surface area contributed by atoms with E-state index in [-0.39, 0.29) is 23.3 Å². The summed E-state index contributed by atoms with van der Waals surface area (Å²) in [6, 6.07) is 7.73. The summed E-state index contributed by atoms with van der Waals surface area (Å²) >= 11 is 1.50. The molecule has 3 aromatic rings. The highest BCUT2D eigenvalue weighted by atomic mass is 32.1. The first-order chi connectivity index (χ1) is 14.5. The highest BCUT2D eigenvalue weighted by molar-refractivity contribution is 7.13. The highest BCUT2D eigenvalue weighted by Gasteiger charge is 2.16. The Hall–Kier alpha value is -3.53. The number of carbonyl (C=O) groups excluding carboxylic acids is 3. The molecule has 156 valence electrons. The van der Waals surface area contributed by atoms with Gasteiger partial charge in [0.1, 0.15) is 5.75 Å². The van der Waals surface area contributed by atoms with Crippen molar-refractivity contribution in [1.82, 2.24) is 10.1 Å². The Morgan fingerprint density at radius 3 is 2.37 bits per heavy atom. The molecule has 0 unspecified atom stereocenters. The van der Waals surface area contributed by atoms with E-state index in [1.807, 2.05) is 17.5 Å². The van der Waals surface area contributed by atoms with Crippen molar-refractivity contribution >= 4 is 29.2 Å². The Balaban J connectivity index is 1.59. The number of aromatic nitrogens is 2. The summed E-state index contributed by atoms with van der Waals surface area (Å²) in [5.74, 6) is -0.900. The van der Waals surface area contributed by atoms with Gasteiger partial charge in [0.05, 0.1) is 30.2 Å². The average molecular weight is 430 g/mol. The van der Waals surface area contributed by atoms with Crippen molar-refractivity contribution in [3.05, 3.63) is 52.7 Å². The van der Waals surface area contributed by atoms with Gasteiger partial charge in [-0.2, -0.15) is 4.98 Å². The van der Waals surface area contributed by atoms with Crippen LogP contribution >= 0.6 is 11.3 Å². The van der Waals surface area contributed by atoms with E-state index in [0.717, 1.165) is 4.88 Å². The second-order valence-corrected chi connectivity index (χ2v) is 6.99. The zero-order valence-corrected chi connectivity index (χ0v) is 17.1. The first-order valence-electron chi connectivity index (χ1n) is 8.89. The lowest BCUT2D eigenvalue weighted by atomic mass is 10.1. The molecule has 0 N–H and O–H groups in total. The van der Waals surface area contributed by atoms with Crippen molar-refractivity contribution in [2.24, 2.45) is 0 Å². The van der Waals surface area contributed by atoms with Crippen LogP contribution in [0.3, 0.4) is 0 Å². The van der Waals surface area contributed by atoms with E-state index in [4.69, 9.17) is 9.26 Å². The van der Waals surface area contributed by atoms with Gasteiger partial charge < -0.3 is 18.7 Å². The second kappa shape index (κ2) is 9.79. The van der Waals surface area contributed by atoms with Crippen molar-refractivity contribution in [2.75, 3.05) is 14.2 Å². The molecular formula is C20H18N2O7S. The lowest BCUT2D eigenvalue weighted by molar-refractivity contribution is -0.134. The molecule has 0 aliphatic rings. The van der Waals surface area contributed by atoms with Crippen LogP contribution in [0.4, 0.5) is 0 Å². The van der Waals surface area contributed by atoms with Crippen molar-refractivity contribution in [2.45, 2.75) is 19.3 Å². The van der Waals surface area contributed by atoms with Gasteiger partial charge in [0.25, 0.3) is 0 Å². The van der Waals surface area contributed by atoms with E-state index < -0.39 is 17.9 Å². The van der Waals surface area contributed by atoms with Gasteiger partial charge in [-0.15, -0.1) is 11.3 Å². The second-order valence-electron chi connectivity index (χ2n) is 6.05. The number of aryl methyl sites for hydroxylation is 1. The SMILES string of the molecule is COC(=O)c1cc(OC(=O)CCCc2nc(-c3cccs3)no2)cc(C(=O)OC)c1. The number of rotatable bonds is 8. The summed E-state index contributed by atoms with van der Waals surface area (Å²) in [5.41, 5.74) is 0.130. The van der Waals surface area contributed by atoms with Crippen LogP contribution in [0.25, 0.3) is 10.7 Å². The minimum Gasteiger partial charge on any atom is -0.465 e. The molecule has 0 saturated heterocycles. The van der Waals surface area contributed by atoms with Crippen molar-refractivity contribution in [3.63, 3.8) is 0 Å². The summed E-state index contributed by atoms with van der Waals surface area (Å²) in [7, 11) is 2.42. The largest absolute Gasteiger partial charge is 0.465 e.